The monoisotopic (exact) mass is 336 g/mol. The van der Waals surface area contributed by atoms with Crippen molar-refractivity contribution < 1.29 is 19.1 Å². The van der Waals surface area contributed by atoms with Crippen LogP contribution in [0, 0.1) is 23.1 Å². The zero-order valence-corrected chi connectivity index (χ0v) is 14.4. The summed E-state index contributed by atoms with van der Waals surface area (Å²) in [4.78, 5) is 26.0. The third-order valence-electron chi connectivity index (χ3n) is 4.06. The van der Waals surface area contributed by atoms with Crippen molar-refractivity contribution in [3.63, 3.8) is 0 Å². The topological polar surface area (TPSA) is 69.6 Å². The van der Waals surface area contributed by atoms with Gasteiger partial charge in [0.1, 0.15) is 5.82 Å². The van der Waals surface area contributed by atoms with Gasteiger partial charge in [-0.15, -0.1) is 0 Å². The second-order valence-electron chi connectivity index (χ2n) is 7.72. The predicted molar refractivity (Wildman–Crippen MR) is 90.2 cm³/mol. The Bertz CT molecular complexity index is 595. The highest BCUT2D eigenvalue weighted by molar-refractivity contribution is 5.93. The average molecular weight is 336 g/mol. The molecule has 1 heterocycles. The maximum absolute atomic E-state index is 12.9. The molecule has 2 N–H and O–H groups in total. The summed E-state index contributed by atoms with van der Waals surface area (Å²) in [7, 11) is 0. The van der Waals surface area contributed by atoms with Gasteiger partial charge in [-0.05, 0) is 36.1 Å². The number of carboxylic acids is 1. The van der Waals surface area contributed by atoms with Crippen LogP contribution in [0.15, 0.2) is 24.3 Å². The molecule has 0 unspecified atom stereocenters. The molecule has 1 aliphatic rings. The minimum Gasteiger partial charge on any atom is -0.481 e. The normalized spacial score (nSPS) is 22.2. The second kappa shape index (κ2) is 7.30. The van der Waals surface area contributed by atoms with E-state index in [1.54, 1.807) is 0 Å². The largest absolute Gasteiger partial charge is 0.481 e. The van der Waals surface area contributed by atoms with Gasteiger partial charge in [0, 0.05) is 25.3 Å². The van der Waals surface area contributed by atoms with Gasteiger partial charge in [0.15, 0.2) is 0 Å². The number of carbonyl (C=O) groups excluding carboxylic acids is 1. The summed E-state index contributed by atoms with van der Waals surface area (Å²) in [5, 5.41) is 12.1. The van der Waals surface area contributed by atoms with Crippen molar-refractivity contribution in [2.24, 2.45) is 17.3 Å². The van der Waals surface area contributed by atoms with Crippen LogP contribution < -0.4 is 5.32 Å². The summed E-state index contributed by atoms with van der Waals surface area (Å²) >= 11 is 0. The number of carboxylic acid groups (broad SMARTS) is 1. The van der Waals surface area contributed by atoms with Crippen molar-refractivity contribution in [1.82, 2.24) is 4.90 Å². The second-order valence-corrected chi connectivity index (χ2v) is 7.72. The van der Waals surface area contributed by atoms with Crippen LogP contribution in [-0.2, 0) is 9.59 Å². The molecular weight excluding hydrogens is 311 g/mol. The molecule has 1 aromatic carbocycles. The van der Waals surface area contributed by atoms with Gasteiger partial charge < -0.3 is 15.3 Å². The van der Waals surface area contributed by atoms with Crippen LogP contribution in [0.2, 0.25) is 0 Å². The molecular formula is C18H25FN2O3. The molecule has 1 amide bonds. The zero-order chi connectivity index (χ0) is 17.9. The molecule has 1 aliphatic heterocycles. The van der Waals surface area contributed by atoms with Crippen molar-refractivity contribution in [1.29, 1.82) is 0 Å². The molecule has 132 valence electrons. The maximum Gasteiger partial charge on any atom is 0.307 e. The molecule has 0 bridgehead atoms. The first kappa shape index (κ1) is 18.4. The first-order valence-corrected chi connectivity index (χ1v) is 8.15. The van der Waals surface area contributed by atoms with E-state index in [1.165, 1.54) is 24.3 Å². The minimum atomic E-state index is -0.867. The van der Waals surface area contributed by atoms with E-state index in [1.807, 2.05) is 0 Å². The van der Waals surface area contributed by atoms with E-state index in [0.717, 1.165) is 6.54 Å². The number of carbonyl (C=O) groups is 2. The Balaban J connectivity index is 2.07. The number of nitrogens with one attached hydrogen (secondary N) is 1. The number of piperidine rings is 1. The van der Waals surface area contributed by atoms with E-state index in [2.05, 4.69) is 31.0 Å². The number of hydrogen-bond donors (Lipinski definition) is 2. The van der Waals surface area contributed by atoms with Gasteiger partial charge in [-0.25, -0.2) is 4.39 Å². The molecule has 2 rings (SSSR count). The van der Waals surface area contributed by atoms with Gasteiger partial charge in [-0.2, -0.15) is 0 Å². The van der Waals surface area contributed by atoms with E-state index in [9.17, 15) is 19.1 Å². The fourth-order valence-corrected chi connectivity index (χ4v) is 3.14. The Morgan fingerprint density at radius 2 is 1.79 bits per heavy atom. The van der Waals surface area contributed by atoms with E-state index >= 15 is 0 Å². The molecule has 1 saturated heterocycles. The molecule has 0 radical (unpaired) electrons. The van der Waals surface area contributed by atoms with E-state index in [4.69, 9.17) is 0 Å². The molecule has 0 spiro atoms. The molecule has 0 aliphatic carbocycles. The van der Waals surface area contributed by atoms with Gasteiger partial charge in [0.2, 0.25) is 5.91 Å². The fourth-order valence-electron chi connectivity index (χ4n) is 3.14. The summed E-state index contributed by atoms with van der Waals surface area (Å²) in [6.45, 7) is 8.00. The molecule has 5 nitrogen and oxygen atoms in total. The number of aliphatic carboxylic acids is 1. The van der Waals surface area contributed by atoms with Crippen molar-refractivity contribution in [2.45, 2.75) is 27.2 Å². The number of anilines is 1. The van der Waals surface area contributed by atoms with E-state index in [-0.39, 0.29) is 17.1 Å². The van der Waals surface area contributed by atoms with Crippen LogP contribution in [-0.4, -0.2) is 41.5 Å². The highest BCUT2D eigenvalue weighted by atomic mass is 19.1. The van der Waals surface area contributed by atoms with Crippen molar-refractivity contribution in [3.05, 3.63) is 30.1 Å². The highest BCUT2D eigenvalue weighted by Crippen LogP contribution is 2.27. The lowest BCUT2D eigenvalue weighted by Crippen LogP contribution is -2.49. The van der Waals surface area contributed by atoms with Crippen LogP contribution in [0.5, 0.6) is 0 Å². The number of rotatable bonds is 4. The van der Waals surface area contributed by atoms with Gasteiger partial charge in [-0.1, -0.05) is 20.8 Å². The summed E-state index contributed by atoms with van der Waals surface area (Å²) in [6.07, 6.45) is 0.322. The van der Waals surface area contributed by atoms with Crippen molar-refractivity contribution >= 4 is 17.6 Å². The molecule has 0 aromatic heterocycles. The molecule has 6 heteroatoms. The van der Waals surface area contributed by atoms with Crippen LogP contribution in [0.1, 0.15) is 27.2 Å². The van der Waals surface area contributed by atoms with E-state index in [0.29, 0.717) is 25.2 Å². The Kier molecular flexibility index (Phi) is 5.59. The molecule has 0 saturated carbocycles. The van der Waals surface area contributed by atoms with Gasteiger partial charge >= 0.3 is 5.97 Å². The first-order valence-electron chi connectivity index (χ1n) is 8.15. The van der Waals surface area contributed by atoms with Crippen LogP contribution in [0.25, 0.3) is 0 Å². The van der Waals surface area contributed by atoms with Crippen LogP contribution >= 0.6 is 0 Å². The highest BCUT2D eigenvalue weighted by Gasteiger charge is 2.36. The summed E-state index contributed by atoms with van der Waals surface area (Å²) in [5.41, 5.74) is 0.541. The van der Waals surface area contributed by atoms with Crippen LogP contribution in [0.3, 0.4) is 0 Å². The fraction of sp³-hybridized carbons (Fsp3) is 0.556. The predicted octanol–water partition coefficient (Wildman–Crippen LogP) is 2.83. The summed E-state index contributed by atoms with van der Waals surface area (Å²) in [6, 6.07) is 5.56. The Morgan fingerprint density at radius 1 is 1.21 bits per heavy atom. The van der Waals surface area contributed by atoms with Gasteiger partial charge in [0.25, 0.3) is 0 Å². The van der Waals surface area contributed by atoms with Crippen LogP contribution in [0.4, 0.5) is 10.1 Å². The minimum absolute atomic E-state index is 0.0262. The van der Waals surface area contributed by atoms with Gasteiger partial charge in [0.05, 0.1) is 11.8 Å². The third kappa shape index (κ3) is 5.30. The van der Waals surface area contributed by atoms with Crippen molar-refractivity contribution in [2.75, 3.05) is 25.0 Å². The Labute approximate surface area is 141 Å². The number of amides is 1. The lowest BCUT2D eigenvalue weighted by atomic mass is 9.86. The number of benzene rings is 1. The molecule has 24 heavy (non-hydrogen) atoms. The standard InChI is InChI=1S/C18H25FN2O3/c1-18(2,3)11-21-9-12(8-13(10-21)17(23)24)16(22)20-15-6-4-14(19)5-7-15/h4-7,12-13H,8-11H2,1-3H3,(H,20,22)(H,23,24)/t12-,13+/m0/s1. The quantitative estimate of drug-likeness (QED) is 0.887. The van der Waals surface area contributed by atoms with Crippen molar-refractivity contribution in [3.8, 4) is 0 Å². The summed E-state index contributed by atoms with van der Waals surface area (Å²) in [5.74, 6) is -2.40. The Hall–Kier alpha value is -1.95. The SMILES string of the molecule is CC(C)(C)CN1C[C@H](C(=O)O)C[C@H](C(=O)Nc2ccc(F)cc2)C1. The lowest BCUT2D eigenvalue weighted by molar-refractivity contribution is -0.145. The number of nitrogens with zero attached hydrogens (tertiary/aromatic N) is 1. The average Bonchev–Trinajstić information content (AvgIpc) is 2.47. The van der Waals surface area contributed by atoms with E-state index < -0.39 is 17.8 Å². The van der Waals surface area contributed by atoms with Gasteiger partial charge in [-0.3, -0.25) is 9.59 Å². The number of hydrogen-bond acceptors (Lipinski definition) is 3. The number of halogens is 1. The Morgan fingerprint density at radius 3 is 2.33 bits per heavy atom. The lowest BCUT2D eigenvalue weighted by Gasteiger charge is -2.38. The zero-order valence-electron chi connectivity index (χ0n) is 14.4. The first-order chi connectivity index (χ1) is 11.1. The summed E-state index contributed by atoms with van der Waals surface area (Å²) < 4.78 is 12.9. The maximum atomic E-state index is 12.9. The number of likely N-dealkylation sites (tertiary alicyclic amines) is 1. The molecule has 1 fully saturated rings. The molecule has 2 atom stereocenters. The third-order valence-corrected chi connectivity index (χ3v) is 4.06. The molecule has 1 aromatic rings. The smallest absolute Gasteiger partial charge is 0.307 e.